The lowest BCUT2D eigenvalue weighted by Crippen LogP contribution is -2.15. The zero-order chi connectivity index (χ0) is 17.5. The fraction of sp³-hybridized carbons (Fsp3) is 0.158. The molecule has 6 nitrogen and oxygen atoms in total. The van der Waals surface area contributed by atoms with Crippen LogP contribution in [0.5, 0.6) is 11.5 Å². The van der Waals surface area contributed by atoms with Crippen LogP contribution in [-0.2, 0) is 11.2 Å². The van der Waals surface area contributed by atoms with E-state index in [-0.39, 0.29) is 6.47 Å². The highest BCUT2D eigenvalue weighted by molar-refractivity contribution is 5.65. The summed E-state index contributed by atoms with van der Waals surface area (Å²) in [5.41, 5.74) is 3.07. The SMILES string of the molecule is O=CO.c1ccc(Cc2ncoc2-c2ccc3c(c2)OCCO3)cc1. The molecule has 0 aliphatic carbocycles. The van der Waals surface area contributed by atoms with Gasteiger partial charge in [-0.2, -0.15) is 0 Å². The van der Waals surface area contributed by atoms with E-state index in [1.807, 2.05) is 36.4 Å². The van der Waals surface area contributed by atoms with Crippen LogP contribution in [0.1, 0.15) is 11.3 Å². The molecule has 6 heteroatoms. The monoisotopic (exact) mass is 339 g/mol. The largest absolute Gasteiger partial charge is 0.486 e. The van der Waals surface area contributed by atoms with Crippen LogP contribution in [0.3, 0.4) is 0 Å². The lowest BCUT2D eigenvalue weighted by molar-refractivity contribution is -0.122. The Morgan fingerprint density at radius 3 is 2.52 bits per heavy atom. The third-order valence-corrected chi connectivity index (χ3v) is 3.66. The van der Waals surface area contributed by atoms with E-state index >= 15 is 0 Å². The van der Waals surface area contributed by atoms with Gasteiger partial charge in [-0.25, -0.2) is 4.98 Å². The number of carbonyl (C=O) groups is 1. The van der Waals surface area contributed by atoms with Gasteiger partial charge < -0.3 is 19.0 Å². The molecule has 1 aliphatic rings. The van der Waals surface area contributed by atoms with Crippen molar-refractivity contribution in [3.05, 3.63) is 66.2 Å². The van der Waals surface area contributed by atoms with Crippen LogP contribution in [0.25, 0.3) is 11.3 Å². The Morgan fingerprint density at radius 2 is 1.76 bits per heavy atom. The van der Waals surface area contributed by atoms with E-state index in [2.05, 4.69) is 17.1 Å². The molecule has 0 unspecified atom stereocenters. The predicted molar refractivity (Wildman–Crippen MR) is 90.9 cm³/mol. The number of hydrogen-bond acceptors (Lipinski definition) is 5. The van der Waals surface area contributed by atoms with Crippen molar-refractivity contribution in [3.8, 4) is 22.8 Å². The van der Waals surface area contributed by atoms with Crippen molar-refractivity contribution in [2.45, 2.75) is 6.42 Å². The Labute approximate surface area is 144 Å². The van der Waals surface area contributed by atoms with E-state index in [9.17, 15) is 0 Å². The second-order valence-electron chi connectivity index (χ2n) is 5.25. The Hall–Kier alpha value is -3.28. The summed E-state index contributed by atoms with van der Waals surface area (Å²) in [5, 5.41) is 6.89. The molecule has 25 heavy (non-hydrogen) atoms. The molecule has 0 fully saturated rings. The number of benzene rings is 2. The molecule has 0 saturated heterocycles. The summed E-state index contributed by atoms with van der Waals surface area (Å²) < 4.78 is 16.8. The molecule has 3 aromatic rings. The number of ether oxygens (including phenoxy) is 2. The van der Waals surface area contributed by atoms with Gasteiger partial charge in [-0.05, 0) is 23.8 Å². The first kappa shape index (κ1) is 16.6. The highest BCUT2D eigenvalue weighted by Crippen LogP contribution is 2.35. The zero-order valence-corrected chi connectivity index (χ0v) is 13.4. The van der Waals surface area contributed by atoms with Gasteiger partial charge in [0.1, 0.15) is 13.2 Å². The van der Waals surface area contributed by atoms with E-state index in [0.717, 1.165) is 34.9 Å². The fourth-order valence-electron chi connectivity index (χ4n) is 2.60. The minimum atomic E-state index is -0.250. The van der Waals surface area contributed by atoms with Crippen molar-refractivity contribution in [1.29, 1.82) is 0 Å². The quantitative estimate of drug-likeness (QED) is 0.737. The molecule has 0 spiro atoms. The lowest BCUT2D eigenvalue weighted by atomic mass is 10.0. The molecular formula is C19H17NO5. The van der Waals surface area contributed by atoms with Crippen molar-refractivity contribution >= 4 is 6.47 Å². The number of oxazole rings is 1. The van der Waals surface area contributed by atoms with E-state index < -0.39 is 0 Å². The van der Waals surface area contributed by atoms with Crippen molar-refractivity contribution in [2.75, 3.05) is 13.2 Å². The van der Waals surface area contributed by atoms with E-state index in [0.29, 0.717) is 13.2 Å². The number of rotatable bonds is 3. The van der Waals surface area contributed by atoms with Crippen LogP contribution in [0.15, 0.2) is 59.3 Å². The summed E-state index contributed by atoms with van der Waals surface area (Å²) in [6.07, 6.45) is 2.23. The van der Waals surface area contributed by atoms with Crippen LogP contribution >= 0.6 is 0 Å². The van der Waals surface area contributed by atoms with E-state index in [1.165, 1.54) is 12.0 Å². The zero-order valence-electron chi connectivity index (χ0n) is 13.4. The molecule has 1 aliphatic heterocycles. The van der Waals surface area contributed by atoms with Crippen LogP contribution < -0.4 is 9.47 Å². The van der Waals surface area contributed by atoms with Crippen LogP contribution in [-0.4, -0.2) is 29.8 Å². The van der Waals surface area contributed by atoms with Gasteiger partial charge in [0, 0.05) is 12.0 Å². The van der Waals surface area contributed by atoms with Crippen molar-refractivity contribution in [1.82, 2.24) is 4.98 Å². The maximum absolute atomic E-state index is 8.36. The molecular weight excluding hydrogens is 322 g/mol. The average Bonchev–Trinajstić information content (AvgIpc) is 3.11. The minimum Gasteiger partial charge on any atom is -0.486 e. The maximum atomic E-state index is 8.36. The third-order valence-electron chi connectivity index (χ3n) is 3.66. The van der Waals surface area contributed by atoms with Gasteiger partial charge >= 0.3 is 0 Å². The van der Waals surface area contributed by atoms with Crippen molar-refractivity contribution in [2.24, 2.45) is 0 Å². The van der Waals surface area contributed by atoms with Crippen LogP contribution in [0.4, 0.5) is 0 Å². The number of fused-ring (bicyclic) bond motifs is 1. The van der Waals surface area contributed by atoms with E-state index in [4.69, 9.17) is 23.8 Å². The molecule has 1 N–H and O–H groups in total. The molecule has 4 rings (SSSR count). The molecule has 0 amide bonds. The normalized spacial score (nSPS) is 12.0. The smallest absolute Gasteiger partial charge is 0.290 e. The first-order valence-corrected chi connectivity index (χ1v) is 7.76. The standard InChI is InChI=1S/C18H15NO3.CH2O2/c1-2-4-13(5-3-1)10-15-18(22-12-19-15)14-6-7-16-17(11-14)21-9-8-20-16;2-1-3/h1-7,11-12H,8-10H2;1H,(H,2,3). The molecule has 0 radical (unpaired) electrons. The van der Waals surface area contributed by atoms with Crippen molar-refractivity contribution < 1.29 is 23.8 Å². The van der Waals surface area contributed by atoms with Crippen LogP contribution in [0.2, 0.25) is 0 Å². The summed E-state index contributed by atoms with van der Waals surface area (Å²) in [5.74, 6) is 2.31. The van der Waals surface area contributed by atoms with Gasteiger partial charge in [0.25, 0.3) is 6.47 Å². The molecule has 0 saturated carbocycles. The van der Waals surface area contributed by atoms with Gasteiger partial charge in [-0.15, -0.1) is 0 Å². The number of nitrogens with zero attached hydrogens (tertiary/aromatic N) is 1. The topological polar surface area (TPSA) is 81.8 Å². The summed E-state index contributed by atoms with van der Waals surface area (Å²) in [4.78, 5) is 12.7. The molecule has 2 aromatic carbocycles. The second-order valence-corrected chi connectivity index (χ2v) is 5.25. The Bertz CT molecular complexity index is 829. The minimum absolute atomic E-state index is 0.250. The predicted octanol–water partition coefficient (Wildman–Crippen LogP) is 3.40. The van der Waals surface area contributed by atoms with Crippen LogP contribution in [0, 0.1) is 0 Å². The first-order valence-electron chi connectivity index (χ1n) is 7.76. The van der Waals surface area contributed by atoms with Gasteiger partial charge in [0.05, 0.1) is 5.69 Å². The molecule has 1 aromatic heterocycles. The Balaban J connectivity index is 0.000000569. The summed E-state index contributed by atoms with van der Waals surface area (Å²) in [6, 6.07) is 16.1. The lowest BCUT2D eigenvalue weighted by Gasteiger charge is -2.18. The summed E-state index contributed by atoms with van der Waals surface area (Å²) in [7, 11) is 0. The maximum Gasteiger partial charge on any atom is 0.290 e. The average molecular weight is 339 g/mol. The summed E-state index contributed by atoms with van der Waals surface area (Å²) >= 11 is 0. The molecule has 0 atom stereocenters. The highest BCUT2D eigenvalue weighted by atomic mass is 16.6. The number of hydrogen-bond donors (Lipinski definition) is 1. The number of carboxylic acid groups (broad SMARTS) is 1. The number of aromatic nitrogens is 1. The molecule has 2 heterocycles. The van der Waals surface area contributed by atoms with Gasteiger partial charge in [0.15, 0.2) is 23.7 Å². The van der Waals surface area contributed by atoms with Gasteiger partial charge in [-0.1, -0.05) is 30.3 Å². The third kappa shape index (κ3) is 3.98. The Kier molecular flexibility index (Phi) is 5.31. The molecule has 0 bridgehead atoms. The van der Waals surface area contributed by atoms with Gasteiger partial charge in [0.2, 0.25) is 0 Å². The Morgan fingerprint density at radius 1 is 1.04 bits per heavy atom. The molecule has 128 valence electrons. The van der Waals surface area contributed by atoms with Crippen molar-refractivity contribution in [3.63, 3.8) is 0 Å². The highest BCUT2D eigenvalue weighted by Gasteiger charge is 2.16. The first-order chi connectivity index (χ1) is 12.3. The summed E-state index contributed by atoms with van der Waals surface area (Å²) in [6.45, 7) is 0.914. The van der Waals surface area contributed by atoms with E-state index in [1.54, 1.807) is 0 Å². The second kappa shape index (κ2) is 8.01. The fourth-order valence-corrected chi connectivity index (χ4v) is 2.60. The van der Waals surface area contributed by atoms with Gasteiger partial charge in [-0.3, -0.25) is 4.79 Å².